The first kappa shape index (κ1) is 16.0. The van der Waals surface area contributed by atoms with E-state index in [0.717, 1.165) is 42.2 Å². The van der Waals surface area contributed by atoms with Crippen LogP contribution < -0.4 is 0 Å². The van der Waals surface area contributed by atoms with Crippen molar-refractivity contribution in [1.29, 1.82) is 0 Å². The van der Waals surface area contributed by atoms with Gasteiger partial charge in [-0.1, -0.05) is 24.3 Å². The minimum absolute atomic E-state index is 0.0103. The Morgan fingerprint density at radius 3 is 2.84 bits per heavy atom. The minimum Gasteiger partial charge on any atom is -0.332 e. The van der Waals surface area contributed by atoms with Crippen molar-refractivity contribution in [2.45, 2.75) is 31.7 Å². The van der Waals surface area contributed by atoms with Crippen LogP contribution in [0.2, 0.25) is 0 Å². The Kier molecular flexibility index (Phi) is 4.61. The van der Waals surface area contributed by atoms with E-state index < -0.39 is 0 Å². The molecule has 25 heavy (non-hydrogen) atoms. The Bertz CT molecular complexity index is 828. The van der Waals surface area contributed by atoms with E-state index in [9.17, 15) is 4.79 Å². The number of para-hydroxylation sites is 1. The Morgan fingerprint density at radius 1 is 1.16 bits per heavy atom. The third-order valence-electron chi connectivity index (χ3n) is 4.64. The van der Waals surface area contributed by atoms with Gasteiger partial charge in [0.05, 0.1) is 12.5 Å². The monoisotopic (exact) mass is 352 g/mol. The molecule has 1 fully saturated rings. The second-order valence-electron chi connectivity index (χ2n) is 6.25. The molecule has 0 bridgehead atoms. The first-order valence-electron chi connectivity index (χ1n) is 8.60. The summed E-state index contributed by atoms with van der Waals surface area (Å²) in [6.45, 7) is 0.788. The molecule has 0 spiro atoms. The highest BCUT2D eigenvalue weighted by molar-refractivity contribution is 7.10. The molecule has 1 atom stereocenters. The normalized spacial score (nSPS) is 17.6. The smallest absolute Gasteiger partial charge is 0.228 e. The number of benzene rings is 1. The van der Waals surface area contributed by atoms with E-state index >= 15 is 0 Å². The summed E-state index contributed by atoms with van der Waals surface area (Å²) in [4.78, 5) is 16.0. The van der Waals surface area contributed by atoms with Crippen molar-refractivity contribution in [3.05, 3.63) is 64.9 Å². The molecule has 128 valence electrons. The molecule has 3 aromatic rings. The number of nitrogens with zero attached hydrogens (tertiary/aromatic N) is 4. The predicted molar refractivity (Wildman–Crippen MR) is 97.7 cm³/mol. The summed E-state index contributed by atoms with van der Waals surface area (Å²) in [7, 11) is 0. The van der Waals surface area contributed by atoms with Gasteiger partial charge in [0.1, 0.15) is 6.33 Å². The van der Waals surface area contributed by atoms with Gasteiger partial charge in [-0.25, -0.2) is 0 Å². The number of carbonyl (C=O) groups is 1. The van der Waals surface area contributed by atoms with Crippen LogP contribution in [-0.2, 0) is 11.2 Å². The van der Waals surface area contributed by atoms with Crippen LogP contribution in [0.1, 0.15) is 36.0 Å². The fourth-order valence-corrected chi connectivity index (χ4v) is 4.12. The SMILES string of the molecule is O=C(Cc1cccs1)N1CCCCC1c1nncn1-c1ccccc1. The van der Waals surface area contributed by atoms with Crippen molar-refractivity contribution in [3.63, 3.8) is 0 Å². The highest BCUT2D eigenvalue weighted by Crippen LogP contribution is 2.31. The molecular weight excluding hydrogens is 332 g/mol. The Balaban J connectivity index is 1.62. The van der Waals surface area contributed by atoms with Crippen LogP contribution >= 0.6 is 11.3 Å². The molecule has 0 aliphatic carbocycles. The molecule has 1 unspecified atom stereocenters. The Labute approximate surface area is 150 Å². The van der Waals surface area contributed by atoms with Crippen molar-refractivity contribution in [2.24, 2.45) is 0 Å². The summed E-state index contributed by atoms with van der Waals surface area (Å²) < 4.78 is 2.00. The van der Waals surface area contributed by atoms with E-state index in [0.29, 0.717) is 6.42 Å². The van der Waals surface area contributed by atoms with Crippen LogP contribution in [0.3, 0.4) is 0 Å². The van der Waals surface area contributed by atoms with E-state index in [-0.39, 0.29) is 11.9 Å². The lowest BCUT2D eigenvalue weighted by Gasteiger charge is -2.35. The molecule has 0 radical (unpaired) electrons. The van der Waals surface area contributed by atoms with Crippen LogP contribution in [0.5, 0.6) is 0 Å². The molecule has 1 amide bonds. The number of hydrogen-bond acceptors (Lipinski definition) is 4. The summed E-state index contributed by atoms with van der Waals surface area (Å²) in [5.74, 6) is 1.03. The maximum Gasteiger partial charge on any atom is 0.228 e. The number of piperidine rings is 1. The molecule has 6 heteroatoms. The van der Waals surface area contributed by atoms with Gasteiger partial charge < -0.3 is 4.90 Å². The van der Waals surface area contributed by atoms with Crippen molar-refractivity contribution in [3.8, 4) is 5.69 Å². The van der Waals surface area contributed by atoms with Gasteiger partial charge in [-0.2, -0.15) is 0 Å². The van der Waals surface area contributed by atoms with Crippen LogP contribution in [-0.4, -0.2) is 32.1 Å². The van der Waals surface area contributed by atoms with Gasteiger partial charge >= 0.3 is 0 Å². The second kappa shape index (κ2) is 7.19. The first-order valence-corrected chi connectivity index (χ1v) is 9.48. The molecule has 3 heterocycles. The molecule has 2 aromatic heterocycles. The van der Waals surface area contributed by atoms with Gasteiger partial charge in [-0.3, -0.25) is 9.36 Å². The first-order chi connectivity index (χ1) is 12.3. The van der Waals surface area contributed by atoms with Crippen molar-refractivity contribution >= 4 is 17.2 Å². The second-order valence-corrected chi connectivity index (χ2v) is 7.28. The van der Waals surface area contributed by atoms with Crippen molar-refractivity contribution in [1.82, 2.24) is 19.7 Å². The van der Waals surface area contributed by atoms with Gasteiger partial charge in [0.15, 0.2) is 5.82 Å². The van der Waals surface area contributed by atoms with E-state index in [4.69, 9.17) is 0 Å². The zero-order valence-electron chi connectivity index (χ0n) is 13.9. The number of amides is 1. The maximum atomic E-state index is 12.9. The maximum absolute atomic E-state index is 12.9. The Hall–Kier alpha value is -2.47. The van der Waals surface area contributed by atoms with Crippen LogP contribution in [0, 0.1) is 0 Å². The quantitative estimate of drug-likeness (QED) is 0.720. The van der Waals surface area contributed by atoms with Gasteiger partial charge in [0.25, 0.3) is 0 Å². The lowest BCUT2D eigenvalue weighted by molar-refractivity contribution is -0.134. The molecule has 1 aliphatic rings. The molecule has 0 saturated carbocycles. The van der Waals surface area contributed by atoms with Crippen molar-refractivity contribution < 1.29 is 4.79 Å². The Morgan fingerprint density at radius 2 is 2.04 bits per heavy atom. The average molecular weight is 352 g/mol. The lowest BCUT2D eigenvalue weighted by atomic mass is 10.0. The van der Waals surface area contributed by atoms with Gasteiger partial charge in [0.2, 0.25) is 5.91 Å². The number of likely N-dealkylation sites (tertiary alicyclic amines) is 1. The number of rotatable bonds is 4. The third-order valence-corrected chi connectivity index (χ3v) is 5.51. The predicted octanol–water partition coefficient (Wildman–Crippen LogP) is 3.63. The summed E-state index contributed by atoms with van der Waals surface area (Å²) >= 11 is 1.63. The number of hydrogen-bond donors (Lipinski definition) is 0. The fourth-order valence-electron chi connectivity index (χ4n) is 3.42. The van der Waals surface area contributed by atoms with Crippen LogP contribution in [0.4, 0.5) is 0 Å². The van der Waals surface area contributed by atoms with Crippen LogP contribution in [0.15, 0.2) is 54.2 Å². The fraction of sp³-hybridized carbons (Fsp3) is 0.316. The van der Waals surface area contributed by atoms with Crippen molar-refractivity contribution in [2.75, 3.05) is 6.54 Å². The number of carbonyl (C=O) groups excluding carboxylic acids is 1. The molecule has 1 saturated heterocycles. The van der Waals surface area contributed by atoms with Gasteiger partial charge in [0, 0.05) is 17.1 Å². The molecule has 5 nitrogen and oxygen atoms in total. The summed E-state index contributed by atoms with van der Waals surface area (Å²) in [6, 6.07) is 14.1. The van der Waals surface area contributed by atoms with E-state index in [1.165, 1.54) is 0 Å². The van der Waals surface area contributed by atoms with Gasteiger partial charge in [-0.05, 0) is 42.8 Å². The van der Waals surface area contributed by atoms with E-state index in [1.807, 2.05) is 57.3 Å². The summed E-state index contributed by atoms with van der Waals surface area (Å²) in [6.07, 6.45) is 5.29. The lowest BCUT2D eigenvalue weighted by Crippen LogP contribution is -2.40. The topological polar surface area (TPSA) is 51.0 Å². The summed E-state index contributed by atoms with van der Waals surface area (Å²) in [5.41, 5.74) is 1.03. The third kappa shape index (κ3) is 3.35. The molecule has 1 aromatic carbocycles. The standard InChI is InChI=1S/C19H20N4OS/c24-18(13-16-9-6-12-25-16)22-11-5-4-10-17(22)19-21-20-14-23(19)15-7-2-1-3-8-15/h1-3,6-9,12,14,17H,4-5,10-11,13H2. The minimum atomic E-state index is -0.0103. The van der Waals surface area contributed by atoms with Gasteiger partial charge in [-0.15, -0.1) is 21.5 Å². The number of thiophene rings is 1. The largest absolute Gasteiger partial charge is 0.332 e. The molecule has 4 rings (SSSR count). The number of aromatic nitrogens is 3. The average Bonchev–Trinajstić information content (AvgIpc) is 3.34. The van der Waals surface area contributed by atoms with E-state index in [1.54, 1.807) is 17.7 Å². The summed E-state index contributed by atoms with van der Waals surface area (Å²) in [5, 5.41) is 10.5. The highest BCUT2D eigenvalue weighted by Gasteiger charge is 2.31. The highest BCUT2D eigenvalue weighted by atomic mass is 32.1. The van der Waals surface area contributed by atoms with Crippen LogP contribution in [0.25, 0.3) is 5.69 Å². The zero-order valence-corrected chi connectivity index (χ0v) is 14.7. The molecule has 1 aliphatic heterocycles. The van der Waals surface area contributed by atoms with E-state index in [2.05, 4.69) is 10.2 Å². The molecular formula is C19H20N4OS. The molecule has 0 N–H and O–H groups in total. The zero-order chi connectivity index (χ0) is 17.1.